The lowest BCUT2D eigenvalue weighted by Gasteiger charge is -2.23. The molecule has 28 heavy (non-hydrogen) atoms. The summed E-state index contributed by atoms with van der Waals surface area (Å²) in [4.78, 5) is 40.5. The summed E-state index contributed by atoms with van der Waals surface area (Å²) >= 11 is 2.91. The minimum absolute atomic E-state index is 0.121. The van der Waals surface area contributed by atoms with Gasteiger partial charge in [0.2, 0.25) is 11.8 Å². The number of amides is 3. The topological polar surface area (TPSA) is 78.5 Å². The summed E-state index contributed by atoms with van der Waals surface area (Å²) in [7, 11) is 0. The molecule has 1 aromatic heterocycles. The molecular weight excluding hydrogens is 394 g/mol. The molecule has 2 heterocycles. The minimum Gasteiger partial charge on any atom is -0.342 e. The van der Waals surface area contributed by atoms with Crippen molar-refractivity contribution in [2.75, 3.05) is 23.5 Å². The Labute approximate surface area is 172 Å². The molecule has 3 rings (SSSR count). The number of nitrogens with zero attached hydrogens (tertiary/aromatic N) is 1. The van der Waals surface area contributed by atoms with E-state index in [1.54, 1.807) is 6.07 Å². The van der Waals surface area contributed by atoms with Crippen molar-refractivity contribution in [2.24, 2.45) is 0 Å². The molecule has 3 amide bonds. The first-order valence-corrected chi connectivity index (χ1v) is 10.9. The standard InChI is InChI=1S/C20H23N3O3S2/c1-12-4-6-15(8-13(12)2)22-19(25)16-10-27-11-23(16)18(24)9-21-20(26)17-7-5-14(3)28-17/h4-8,16H,9-11H2,1-3H3,(H,21,26)(H,22,25). The van der Waals surface area contributed by atoms with Crippen molar-refractivity contribution < 1.29 is 14.4 Å². The Hall–Kier alpha value is -2.32. The highest BCUT2D eigenvalue weighted by Gasteiger charge is 2.34. The molecule has 0 saturated carbocycles. The minimum atomic E-state index is -0.542. The maximum absolute atomic E-state index is 12.7. The number of thioether (sulfide) groups is 1. The highest BCUT2D eigenvalue weighted by atomic mass is 32.2. The van der Waals surface area contributed by atoms with E-state index in [2.05, 4.69) is 10.6 Å². The third-order valence-corrected chi connectivity index (χ3v) is 6.66. The quantitative estimate of drug-likeness (QED) is 0.784. The largest absolute Gasteiger partial charge is 0.342 e. The summed E-state index contributed by atoms with van der Waals surface area (Å²) in [5.74, 6) is 0.251. The first-order chi connectivity index (χ1) is 13.3. The van der Waals surface area contributed by atoms with Crippen molar-refractivity contribution in [1.29, 1.82) is 0 Å². The van der Waals surface area contributed by atoms with Crippen molar-refractivity contribution in [3.8, 4) is 0 Å². The molecule has 0 spiro atoms. The van der Waals surface area contributed by atoms with Gasteiger partial charge in [0.25, 0.3) is 5.91 Å². The van der Waals surface area contributed by atoms with Crippen LogP contribution < -0.4 is 10.6 Å². The van der Waals surface area contributed by atoms with E-state index < -0.39 is 6.04 Å². The SMILES string of the molecule is Cc1ccc(C(=O)NCC(=O)N2CSCC2C(=O)Nc2ccc(C)c(C)c2)s1. The second-order valence-electron chi connectivity index (χ2n) is 6.76. The smallest absolute Gasteiger partial charge is 0.261 e. The third-order valence-electron chi connectivity index (χ3n) is 4.64. The van der Waals surface area contributed by atoms with Crippen molar-refractivity contribution in [2.45, 2.75) is 26.8 Å². The van der Waals surface area contributed by atoms with Gasteiger partial charge in [-0.1, -0.05) is 6.07 Å². The number of aryl methyl sites for hydroxylation is 3. The van der Waals surface area contributed by atoms with Crippen LogP contribution in [0.4, 0.5) is 5.69 Å². The molecule has 1 aromatic carbocycles. The zero-order valence-electron chi connectivity index (χ0n) is 16.1. The lowest BCUT2D eigenvalue weighted by Crippen LogP contribution is -2.48. The Bertz CT molecular complexity index is 910. The van der Waals surface area contributed by atoms with Gasteiger partial charge < -0.3 is 15.5 Å². The molecule has 1 saturated heterocycles. The van der Waals surface area contributed by atoms with Gasteiger partial charge in [-0.25, -0.2) is 0 Å². The number of nitrogens with one attached hydrogen (secondary N) is 2. The Morgan fingerprint density at radius 2 is 1.89 bits per heavy atom. The summed E-state index contributed by atoms with van der Waals surface area (Å²) in [6.45, 7) is 5.81. The lowest BCUT2D eigenvalue weighted by molar-refractivity contribution is -0.135. The van der Waals surface area contributed by atoms with Crippen molar-refractivity contribution in [3.63, 3.8) is 0 Å². The average molecular weight is 418 g/mol. The number of carbonyl (C=O) groups is 3. The fourth-order valence-corrected chi connectivity index (χ4v) is 4.82. The van der Waals surface area contributed by atoms with Gasteiger partial charge in [0.05, 0.1) is 17.3 Å². The number of hydrogen-bond acceptors (Lipinski definition) is 5. The highest BCUT2D eigenvalue weighted by Crippen LogP contribution is 2.23. The summed E-state index contributed by atoms with van der Waals surface area (Å²) in [5, 5.41) is 5.55. The van der Waals surface area contributed by atoms with Gasteiger partial charge in [-0.3, -0.25) is 14.4 Å². The van der Waals surface area contributed by atoms with E-state index >= 15 is 0 Å². The number of thiophene rings is 1. The van der Waals surface area contributed by atoms with Crippen molar-refractivity contribution >= 4 is 46.5 Å². The lowest BCUT2D eigenvalue weighted by atomic mass is 10.1. The van der Waals surface area contributed by atoms with Gasteiger partial charge in [-0.15, -0.1) is 23.1 Å². The maximum Gasteiger partial charge on any atom is 0.261 e. The van der Waals surface area contributed by atoms with Gasteiger partial charge in [-0.05, 0) is 56.2 Å². The van der Waals surface area contributed by atoms with Gasteiger partial charge in [0.1, 0.15) is 6.04 Å². The van der Waals surface area contributed by atoms with E-state index in [-0.39, 0.29) is 24.3 Å². The molecule has 2 aromatic rings. The molecule has 2 N–H and O–H groups in total. The van der Waals surface area contributed by atoms with E-state index in [1.807, 2.05) is 45.0 Å². The molecule has 1 unspecified atom stereocenters. The molecule has 6 nitrogen and oxygen atoms in total. The fraction of sp³-hybridized carbons (Fsp3) is 0.350. The predicted molar refractivity (Wildman–Crippen MR) is 114 cm³/mol. The molecule has 1 aliphatic heterocycles. The van der Waals surface area contributed by atoms with E-state index in [4.69, 9.17) is 0 Å². The third kappa shape index (κ3) is 4.74. The van der Waals surface area contributed by atoms with Crippen LogP contribution >= 0.6 is 23.1 Å². The molecule has 1 aliphatic rings. The second kappa shape index (κ2) is 8.79. The van der Waals surface area contributed by atoms with Crippen molar-refractivity contribution in [3.05, 3.63) is 51.2 Å². The zero-order chi connectivity index (χ0) is 20.3. The molecule has 0 radical (unpaired) electrons. The van der Waals surface area contributed by atoms with Crippen LogP contribution in [0.5, 0.6) is 0 Å². The molecular formula is C20H23N3O3S2. The van der Waals surface area contributed by atoms with Crippen LogP contribution in [-0.4, -0.2) is 46.8 Å². The summed E-state index contributed by atoms with van der Waals surface area (Å²) in [6.07, 6.45) is 0. The Morgan fingerprint density at radius 3 is 2.57 bits per heavy atom. The van der Waals surface area contributed by atoms with Crippen LogP contribution in [0.3, 0.4) is 0 Å². The maximum atomic E-state index is 12.7. The predicted octanol–water partition coefficient (Wildman–Crippen LogP) is 2.94. The average Bonchev–Trinajstić information content (AvgIpc) is 3.31. The van der Waals surface area contributed by atoms with Crippen LogP contribution in [0, 0.1) is 20.8 Å². The van der Waals surface area contributed by atoms with Gasteiger partial charge in [-0.2, -0.15) is 0 Å². The number of hydrogen-bond donors (Lipinski definition) is 2. The molecule has 0 aliphatic carbocycles. The van der Waals surface area contributed by atoms with E-state index in [0.717, 1.165) is 21.7 Å². The molecule has 0 bridgehead atoms. The summed E-state index contributed by atoms with van der Waals surface area (Å²) < 4.78 is 0. The van der Waals surface area contributed by atoms with Gasteiger partial charge in [0, 0.05) is 16.3 Å². The number of benzene rings is 1. The first-order valence-electron chi connectivity index (χ1n) is 8.95. The Kier molecular flexibility index (Phi) is 6.41. The van der Waals surface area contributed by atoms with Crippen molar-refractivity contribution in [1.82, 2.24) is 10.2 Å². The second-order valence-corrected chi connectivity index (χ2v) is 9.05. The summed E-state index contributed by atoms with van der Waals surface area (Å²) in [5.41, 5.74) is 2.97. The number of rotatable bonds is 5. The molecule has 1 fully saturated rings. The summed E-state index contributed by atoms with van der Waals surface area (Å²) in [6, 6.07) is 8.80. The number of carbonyl (C=O) groups excluding carboxylic acids is 3. The first kappa shape index (κ1) is 20.4. The molecule has 1 atom stereocenters. The van der Waals surface area contributed by atoms with Gasteiger partial charge >= 0.3 is 0 Å². The van der Waals surface area contributed by atoms with Crippen LogP contribution in [0.15, 0.2) is 30.3 Å². The van der Waals surface area contributed by atoms with Crippen LogP contribution in [-0.2, 0) is 9.59 Å². The van der Waals surface area contributed by atoms with Crippen LogP contribution in [0.2, 0.25) is 0 Å². The number of anilines is 1. The van der Waals surface area contributed by atoms with Crippen LogP contribution in [0.1, 0.15) is 25.7 Å². The molecule has 148 valence electrons. The van der Waals surface area contributed by atoms with Gasteiger partial charge in [0.15, 0.2) is 0 Å². The van der Waals surface area contributed by atoms with E-state index in [0.29, 0.717) is 16.5 Å². The monoisotopic (exact) mass is 417 g/mol. The Balaban J connectivity index is 1.58. The van der Waals surface area contributed by atoms with Crippen LogP contribution in [0.25, 0.3) is 0 Å². The normalized spacial score (nSPS) is 16.1. The zero-order valence-corrected chi connectivity index (χ0v) is 17.7. The highest BCUT2D eigenvalue weighted by molar-refractivity contribution is 7.99. The Morgan fingerprint density at radius 1 is 1.11 bits per heavy atom. The van der Waals surface area contributed by atoms with E-state index in [1.165, 1.54) is 28.0 Å². The fourth-order valence-electron chi connectivity index (χ4n) is 2.85. The van der Waals surface area contributed by atoms with E-state index in [9.17, 15) is 14.4 Å². The molecule has 8 heteroatoms.